The number of hydrogen-bond donors (Lipinski definition) is 1. The number of nitrogens with one attached hydrogen (secondary N) is 1. The zero-order chi connectivity index (χ0) is 16.9. The number of benzene rings is 1. The molecule has 2 aromatic heterocycles. The second-order valence-electron chi connectivity index (χ2n) is 5.48. The number of halogens is 1. The topological polar surface area (TPSA) is 37.3 Å². The van der Waals surface area contributed by atoms with Gasteiger partial charge in [-0.2, -0.15) is 0 Å². The fourth-order valence-corrected chi connectivity index (χ4v) is 3.10. The number of rotatable bonds is 5. The maximum Gasteiger partial charge on any atom is 0.322 e. The van der Waals surface area contributed by atoms with Gasteiger partial charge in [-0.05, 0) is 47.8 Å². The fraction of sp³-hybridized carbons (Fsp3) is 0.167. The largest absolute Gasteiger partial charge is 0.353 e. The Morgan fingerprint density at radius 2 is 1.96 bits per heavy atom. The molecule has 2 amide bonds. The maximum atomic E-state index is 13.0. The zero-order valence-corrected chi connectivity index (χ0v) is 14.1. The Kier molecular flexibility index (Phi) is 4.96. The first-order chi connectivity index (χ1) is 11.6. The molecule has 0 saturated heterocycles. The third kappa shape index (κ3) is 4.02. The number of aryl methyl sites for hydroxylation is 1. The van der Waals surface area contributed by atoms with Crippen LogP contribution in [-0.4, -0.2) is 15.5 Å². The van der Waals surface area contributed by atoms with E-state index in [4.69, 9.17) is 0 Å². The van der Waals surface area contributed by atoms with Gasteiger partial charge in [0, 0.05) is 29.5 Å². The molecule has 6 heteroatoms. The first-order valence-corrected chi connectivity index (χ1v) is 8.44. The van der Waals surface area contributed by atoms with Crippen molar-refractivity contribution in [3.8, 4) is 0 Å². The van der Waals surface area contributed by atoms with E-state index < -0.39 is 0 Å². The van der Waals surface area contributed by atoms with E-state index in [2.05, 4.69) is 5.32 Å². The first-order valence-electron chi connectivity index (χ1n) is 7.56. The summed E-state index contributed by atoms with van der Waals surface area (Å²) in [4.78, 5) is 15.5. The number of hydrogen-bond acceptors (Lipinski definition) is 2. The highest BCUT2D eigenvalue weighted by Crippen LogP contribution is 2.17. The smallest absolute Gasteiger partial charge is 0.322 e. The van der Waals surface area contributed by atoms with E-state index >= 15 is 0 Å². The average molecular weight is 343 g/mol. The van der Waals surface area contributed by atoms with Crippen LogP contribution in [0.15, 0.2) is 60.1 Å². The molecule has 1 N–H and O–H groups in total. The fourth-order valence-electron chi connectivity index (χ4n) is 2.38. The van der Waals surface area contributed by atoms with Gasteiger partial charge in [-0.3, -0.25) is 0 Å². The van der Waals surface area contributed by atoms with Gasteiger partial charge in [-0.1, -0.05) is 6.07 Å². The van der Waals surface area contributed by atoms with Gasteiger partial charge in [0.05, 0.1) is 13.1 Å². The molecule has 0 saturated carbocycles. The van der Waals surface area contributed by atoms with E-state index in [0.717, 1.165) is 10.6 Å². The summed E-state index contributed by atoms with van der Waals surface area (Å²) in [7, 11) is 1.95. The lowest BCUT2D eigenvalue weighted by Gasteiger charge is -2.23. The molecule has 0 aliphatic heterocycles. The van der Waals surface area contributed by atoms with Crippen LogP contribution in [0, 0.1) is 5.82 Å². The van der Waals surface area contributed by atoms with E-state index in [1.807, 2.05) is 47.5 Å². The minimum Gasteiger partial charge on any atom is -0.353 e. The normalized spacial score (nSPS) is 10.6. The van der Waals surface area contributed by atoms with Crippen LogP contribution >= 0.6 is 11.3 Å². The molecule has 0 spiro atoms. The van der Waals surface area contributed by atoms with Crippen molar-refractivity contribution in [2.45, 2.75) is 13.1 Å². The SMILES string of the molecule is Cn1cccc1CN(Cc1cccs1)C(=O)Nc1ccc(F)cc1. The molecular formula is C18H18FN3OS. The Morgan fingerprint density at radius 3 is 2.58 bits per heavy atom. The molecule has 0 unspecified atom stereocenters. The van der Waals surface area contributed by atoms with Crippen LogP contribution in [0.3, 0.4) is 0 Å². The summed E-state index contributed by atoms with van der Waals surface area (Å²) in [6.45, 7) is 1.02. The van der Waals surface area contributed by atoms with E-state index in [-0.39, 0.29) is 11.8 Å². The lowest BCUT2D eigenvalue weighted by Crippen LogP contribution is -2.34. The molecule has 24 heavy (non-hydrogen) atoms. The number of nitrogens with zero attached hydrogens (tertiary/aromatic N) is 2. The number of aromatic nitrogens is 1. The van der Waals surface area contributed by atoms with Crippen molar-refractivity contribution >= 4 is 23.1 Å². The van der Waals surface area contributed by atoms with Crippen molar-refractivity contribution in [1.82, 2.24) is 9.47 Å². The molecule has 3 aromatic rings. The van der Waals surface area contributed by atoms with Gasteiger partial charge in [-0.25, -0.2) is 9.18 Å². The van der Waals surface area contributed by atoms with Crippen LogP contribution in [0.1, 0.15) is 10.6 Å². The molecule has 124 valence electrons. The van der Waals surface area contributed by atoms with Crippen molar-refractivity contribution < 1.29 is 9.18 Å². The third-order valence-corrected chi connectivity index (χ3v) is 4.57. The molecule has 0 aliphatic rings. The summed E-state index contributed by atoms with van der Waals surface area (Å²) in [5, 5.41) is 4.82. The molecule has 0 aliphatic carbocycles. The van der Waals surface area contributed by atoms with E-state index in [1.165, 1.54) is 12.1 Å². The summed E-state index contributed by atoms with van der Waals surface area (Å²) >= 11 is 1.62. The lowest BCUT2D eigenvalue weighted by molar-refractivity contribution is 0.205. The van der Waals surface area contributed by atoms with Crippen molar-refractivity contribution in [2.75, 3.05) is 5.32 Å². The Morgan fingerprint density at radius 1 is 1.17 bits per heavy atom. The summed E-state index contributed by atoms with van der Waals surface area (Å²) < 4.78 is 15.0. The molecule has 1 aromatic carbocycles. The van der Waals surface area contributed by atoms with Crippen LogP contribution in [0.2, 0.25) is 0 Å². The van der Waals surface area contributed by atoms with Crippen LogP contribution in [0.4, 0.5) is 14.9 Å². The van der Waals surface area contributed by atoms with Gasteiger partial charge in [0.15, 0.2) is 0 Å². The summed E-state index contributed by atoms with van der Waals surface area (Å²) in [6, 6.07) is 13.5. The van der Waals surface area contributed by atoms with E-state index in [1.54, 1.807) is 28.4 Å². The highest BCUT2D eigenvalue weighted by atomic mass is 32.1. The first kappa shape index (κ1) is 16.3. The van der Waals surface area contributed by atoms with Crippen molar-refractivity contribution in [3.63, 3.8) is 0 Å². The Labute approximate surface area is 144 Å². The highest BCUT2D eigenvalue weighted by molar-refractivity contribution is 7.09. The zero-order valence-electron chi connectivity index (χ0n) is 13.3. The number of anilines is 1. The number of carbonyl (C=O) groups is 1. The Bertz CT molecular complexity index is 796. The number of carbonyl (C=O) groups excluding carboxylic acids is 1. The van der Waals surface area contributed by atoms with Crippen molar-refractivity contribution in [1.29, 1.82) is 0 Å². The lowest BCUT2D eigenvalue weighted by atomic mass is 10.3. The van der Waals surface area contributed by atoms with Gasteiger partial charge < -0.3 is 14.8 Å². The number of amides is 2. The quantitative estimate of drug-likeness (QED) is 0.730. The van der Waals surface area contributed by atoms with Crippen LogP contribution in [0.25, 0.3) is 0 Å². The van der Waals surface area contributed by atoms with E-state index in [9.17, 15) is 9.18 Å². The standard InChI is InChI=1S/C18H18FN3OS/c1-21-10-2-4-16(21)12-22(13-17-5-3-11-24-17)18(23)20-15-8-6-14(19)7-9-15/h2-11H,12-13H2,1H3,(H,20,23). The van der Waals surface area contributed by atoms with Gasteiger partial charge in [0.2, 0.25) is 0 Å². The summed E-state index contributed by atoms with van der Waals surface area (Å²) in [5.74, 6) is -0.327. The molecule has 0 bridgehead atoms. The van der Waals surface area contributed by atoms with E-state index in [0.29, 0.717) is 18.8 Å². The monoisotopic (exact) mass is 343 g/mol. The highest BCUT2D eigenvalue weighted by Gasteiger charge is 2.16. The second-order valence-corrected chi connectivity index (χ2v) is 6.52. The van der Waals surface area contributed by atoms with Gasteiger partial charge in [-0.15, -0.1) is 11.3 Å². The number of thiophene rings is 1. The molecule has 0 fully saturated rings. The van der Waals surface area contributed by atoms with Gasteiger partial charge in [0.1, 0.15) is 5.82 Å². The maximum absolute atomic E-state index is 13.0. The molecular weight excluding hydrogens is 325 g/mol. The molecule has 0 radical (unpaired) electrons. The minimum atomic E-state index is -0.327. The summed E-state index contributed by atoms with van der Waals surface area (Å²) in [5.41, 5.74) is 1.62. The van der Waals surface area contributed by atoms with Gasteiger partial charge >= 0.3 is 6.03 Å². The van der Waals surface area contributed by atoms with Crippen LogP contribution < -0.4 is 5.32 Å². The molecule has 0 atom stereocenters. The predicted octanol–water partition coefficient (Wildman–Crippen LogP) is 4.46. The van der Waals surface area contributed by atoms with Gasteiger partial charge in [0.25, 0.3) is 0 Å². The number of urea groups is 1. The van der Waals surface area contributed by atoms with Crippen LogP contribution in [-0.2, 0) is 20.1 Å². The predicted molar refractivity (Wildman–Crippen MR) is 94.4 cm³/mol. The minimum absolute atomic E-state index is 0.212. The average Bonchev–Trinajstić information content (AvgIpc) is 3.21. The van der Waals surface area contributed by atoms with Crippen molar-refractivity contribution in [2.24, 2.45) is 7.05 Å². The third-order valence-electron chi connectivity index (χ3n) is 3.71. The Hall–Kier alpha value is -2.60. The Balaban J connectivity index is 1.76. The summed E-state index contributed by atoms with van der Waals surface area (Å²) in [6.07, 6.45) is 1.95. The second kappa shape index (κ2) is 7.31. The molecule has 4 nitrogen and oxygen atoms in total. The van der Waals surface area contributed by atoms with Crippen molar-refractivity contribution in [3.05, 3.63) is 76.5 Å². The molecule has 2 heterocycles. The molecule has 3 rings (SSSR count). The van der Waals surface area contributed by atoms with Crippen LogP contribution in [0.5, 0.6) is 0 Å².